The highest BCUT2D eigenvalue weighted by Gasteiger charge is 2.40. The first-order chi connectivity index (χ1) is 35.5. The topological polar surface area (TPSA) is 288 Å². The summed E-state index contributed by atoms with van der Waals surface area (Å²) in [6.07, 6.45) is 13.7. The molecule has 3 saturated heterocycles. The van der Waals surface area contributed by atoms with E-state index in [2.05, 4.69) is 37.6 Å². The van der Waals surface area contributed by atoms with Crippen LogP contribution < -0.4 is 0 Å². The summed E-state index contributed by atoms with van der Waals surface area (Å²) in [5.41, 5.74) is 0.747. The molecule has 3 heterocycles. The lowest BCUT2D eigenvalue weighted by Crippen LogP contribution is -2.66. The molecule has 26 heteroatoms. The molecule has 450 valence electrons. The molecule has 0 radical (unpaired) electrons. The summed E-state index contributed by atoms with van der Waals surface area (Å²) in [6, 6.07) is 0. The maximum atomic E-state index is 11.8. The Morgan fingerprint density at radius 1 is 0.506 bits per heavy atom. The summed E-state index contributed by atoms with van der Waals surface area (Å²) in [4.78, 5) is 38.7. The summed E-state index contributed by atoms with van der Waals surface area (Å²) >= 11 is 0. The van der Waals surface area contributed by atoms with E-state index in [9.17, 15) is 62.1 Å². The van der Waals surface area contributed by atoms with Gasteiger partial charge in [0.2, 0.25) is 12.6 Å². The Morgan fingerprint density at radius 3 is 1.27 bits per heavy atom. The zero-order chi connectivity index (χ0) is 58.6. The van der Waals surface area contributed by atoms with Crippen LogP contribution in [0.4, 0.5) is 0 Å². The van der Waals surface area contributed by atoms with Crippen LogP contribution >= 0.6 is 0 Å². The second-order valence-corrected chi connectivity index (χ2v) is 28.8. The van der Waals surface area contributed by atoms with Crippen LogP contribution in [0.5, 0.6) is 0 Å². The van der Waals surface area contributed by atoms with Crippen LogP contribution in [-0.2, 0) is 64.0 Å². The van der Waals surface area contributed by atoms with Gasteiger partial charge in [0, 0.05) is 72.9 Å². The van der Waals surface area contributed by atoms with E-state index in [-0.39, 0.29) is 47.9 Å². The number of esters is 2. The third-order valence-corrected chi connectivity index (χ3v) is 18.1. The zero-order valence-electron chi connectivity index (χ0n) is 47.2. The quantitative estimate of drug-likeness (QED) is 0.0227. The van der Waals surface area contributed by atoms with Crippen LogP contribution in [0.2, 0.25) is 0 Å². The summed E-state index contributed by atoms with van der Waals surface area (Å²) in [5, 5.41) is 0. The molecule has 0 saturated carbocycles. The van der Waals surface area contributed by atoms with Gasteiger partial charge >= 0.3 is 11.9 Å². The predicted molar refractivity (Wildman–Crippen MR) is 297 cm³/mol. The standard InChI is InChI=1S/C23H44N2O5S.C17H32N2O7S2.C11H20N2O4S/c1-22(2)23(26)30-20-12-10-8-6-4-5-7-9-11-14-24-15-18-25(3,19-16-24)17-13-21-31(27,28)29;1-16(2)17(20)26-15-19(8-6-14-28(23,24)25)11-9-18(3,10-12-19)7-5-13-27(4,21)22;1-3-11(14)12-5-8-13(2,9-6-12)7-4-10-18(15,16)17/h1,4-21H2,2-3H3;1,4-15H2,2-3H3;3H,1,4-10H2,2H3. The average Bonchev–Trinajstić information content (AvgIpc) is 3.31. The van der Waals surface area contributed by atoms with E-state index in [0.717, 1.165) is 82.8 Å². The number of ether oxygens (including phenoxy) is 2. The molecule has 77 heavy (non-hydrogen) atoms. The molecule has 1 atom stereocenters. The van der Waals surface area contributed by atoms with E-state index in [0.29, 0.717) is 90.7 Å². The molecule has 0 aromatic rings. The fraction of sp³-hybridized carbons (Fsp3) is 0.804. The van der Waals surface area contributed by atoms with Crippen molar-refractivity contribution < 1.29 is 89.5 Å². The lowest BCUT2D eigenvalue weighted by atomic mass is 10.1. The number of amides is 1. The number of unbranched alkanes of at least 4 members (excludes halogenated alkanes) is 8. The van der Waals surface area contributed by atoms with Crippen molar-refractivity contribution in [3.05, 3.63) is 37.0 Å². The third-order valence-electron chi connectivity index (χ3n) is 14.8. The number of carbonyl (C=O) groups excluding carboxylic acids is 3. The number of carbonyl (C=O) groups is 3. The normalized spacial score (nSPS) is 21.4. The molecule has 1 amide bonds. The van der Waals surface area contributed by atoms with Gasteiger partial charge in [0.1, 0.15) is 26.2 Å². The minimum Gasteiger partial charge on any atom is -0.778 e. The summed E-state index contributed by atoms with van der Waals surface area (Å²) < 4.78 is 132. The fourth-order valence-electron chi connectivity index (χ4n) is 9.50. The zero-order valence-corrected chi connectivity index (χ0v) is 50.5. The lowest BCUT2D eigenvalue weighted by Gasteiger charge is -2.47. The highest BCUT2D eigenvalue weighted by Crippen LogP contribution is 2.21. The van der Waals surface area contributed by atoms with Gasteiger partial charge in [-0.3, -0.25) is 18.4 Å². The predicted octanol–water partition coefficient (Wildman–Crippen LogP) is 2.22. The lowest BCUT2D eigenvalue weighted by molar-refractivity contribution is -1.03. The van der Waals surface area contributed by atoms with Crippen molar-refractivity contribution >= 4 is 63.9 Å². The van der Waals surface area contributed by atoms with E-state index < -0.39 is 51.9 Å². The van der Waals surface area contributed by atoms with Crippen LogP contribution in [0.25, 0.3) is 0 Å². The van der Waals surface area contributed by atoms with E-state index in [1.807, 2.05) is 14.1 Å². The second kappa shape index (κ2) is 34.4. The molecule has 0 bridgehead atoms. The molecule has 3 aliphatic heterocycles. The third kappa shape index (κ3) is 35.5. The summed E-state index contributed by atoms with van der Waals surface area (Å²) in [5.74, 6) is 1.33. The second-order valence-electron chi connectivity index (χ2n) is 22.3. The molecular formula is C51H96N6O16S4. The number of quaternary nitrogens is 4. The van der Waals surface area contributed by atoms with Crippen molar-refractivity contribution in [1.82, 2.24) is 9.80 Å². The molecule has 0 aromatic heterocycles. The van der Waals surface area contributed by atoms with Gasteiger partial charge in [0.15, 0.2) is 0 Å². The highest BCUT2D eigenvalue weighted by atomic mass is 32.2. The van der Waals surface area contributed by atoms with Crippen LogP contribution in [0.3, 0.4) is 0 Å². The summed E-state index contributed by atoms with van der Waals surface area (Å²) in [7, 11) is -9.50. The Kier molecular flexibility index (Phi) is 32.3. The minimum absolute atomic E-state index is 0.0401. The molecule has 22 nitrogen and oxygen atoms in total. The van der Waals surface area contributed by atoms with E-state index in [4.69, 9.17) is 9.47 Å². The van der Waals surface area contributed by atoms with Crippen molar-refractivity contribution in [1.29, 1.82) is 0 Å². The number of hydrogen-bond donors (Lipinski definition) is 0. The van der Waals surface area contributed by atoms with Crippen LogP contribution in [0, 0.1) is 0 Å². The molecular weight excluding hydrogens is 1080 g/mol. The molecule has 3 aliphatic rings. The van der Waals surface area contributed by atoms with E-state index >= 15 is 0 Å². The largest absolute Gasteiger partial charge is 0.778 e. The van der Waals surface area contributed by atoms with E-state index in [1.165, 1.54) is 51.0 Å². The molecule has 0 aromatic carbocycles. The Hall–Kier alpha value is -2.86. The Labute approximate surface area is 463 Å². The molecule has 3 rings (SSSR count). The Balaban J connectivity index is 0.000000597. The summed E-state index contributed by atoms with van der Waals surface area (Å²) in [6.45, 7) is 27.8. The number of nitrogens with zero attached hydrogens (tertiary/aromatic N) is 6. The molecule has 0 aliphatic carbocycles. The average molecular weight is 1180 g/mol. The molecule has 1 unspecified atom stereocenters. The molecule has 0 spiro atoms. The van der Waals surface area contributed by atoms with Crippen LogP contribution in [-0.4, -0.2) is 268 Å². The maximum absolute atomic E-state index is 11.8. The monoisotopic (exact) mass is 1180 g/mol. The molecule has 3 fully saturated rings. The van der Waals surface area contributed by atoms with Gasteiger partial charge in [-0.1, -0.05) is 80.4 Å². The minimum atomic E-state index is -4.29. The first-order valence-corrected chi connectivity index (χ1v) is 33.6. The first-order valence-electron chi connectivity index (χ1n) is 27.0. The van der Waals surface area contributed by atoms with Crippen molar-refractivity contribution in [2.24, 2.45) is 0 Å². The van der Waals surface area contributed by atoms with Crippen LogP contribution in [0.1, 0.15) is 97.3 Å². The first kappa shape index (κ1) is 72.2. The van der Waals surface area contributed by atoms with Crippen molar-refractivity contribution in [3.63, 3.8) is 0 Å². The Bertz CT molecular complexity index is 2310. The number of rotatable bonds is 33. The Morgan fingerprint density at radius 2 is 0.870 bits per heavy atom. The van der Waals surface area contributed by atoms with Gasteiger partial charge in [-0.2, -0.15) is 0 Å². The number of piperazine rings is 3. The van der Waals surface area contributed by atoms with Gasteiger partial charge in [0.05, 0.1) is 124 Å². The van der Waals surface area contributed by atoms with Crippen LogP contribution in [0.15, 0.2) is 37.0 Å². The number of hydrogen-bond acceptors (Lipinski definition) is 17. The van der Waals surface area contributed by atoms with Crippen molar-refractivity contribution in [2.45, 2.75) is 97.3 Å². The van der Waals surface area contributed by atoms with Crippen molar-refractivity contribution in [3.8, 4) is 0 Å². The van der Waals surface area contributed by atoms with E-state index in [1.54, 1.807) is 18.7 Å². The van der Waals surface area contributed by atoms with Crippen molar-refractivity contribution in [2.75, 3.05) is 169 Å². The smallest absolute Gasteiger partial charge is 0.337 e. The van der Waals surface area contributed by atoms with Gasteiger partial charge in [-0.05, 0) is 39.3 Å². The molecule has 0 N–H and O–H groups in total. The number of likely N-dealkylation sites (N-methyl/N-ethyl adjacent to an activating group) is 3. The highest BCUT2D eigenvalue weighted by molar-refractivity contribution is 7.95. The maximum Gasteiger partial charge on any atom is 0.337 e. The van der Waals surface area contributed by atoms with Gasteiger partial charge in [-0.15, -0.1) is 0 Å². The SMILES string of the molecule is C=C(C)C(=O)OCCCCCCCCCCCN1CC[N+](C)(CCCS(=O)(=O)[O-])CC1.C=C(C)C(=O)OC[N+]1(CCCS(=O)(=O)[O-])CC[N+](C)(CCCS(=C)(=O)[O-])CC1.C=CC(=O)N1CC[N+](C)(CCCS(=O)(=O)[O-])CC1. The van der Waals surface area contributed by atoms with Gasteiger partial charge in [0.25, 0.3) is 0 Å². The van der Waals surface area contributed by atoms with Gasteiger partial charge in [-0.25, -0.2) is 34.8 Å². The van der Waals surface area contributed by atoms with Gasteiger partial charge < -0.3 is 46.0 Å². The fourth-order valence-corrected chi connectivity index (χ4v) is 11.5.